The van der Waals surface area contributed by atoms with Gasteiger partial charge in [-0.25, -0.2) is 0 Å². The lowest BCUT2D eigenvalue weighted by Gasteiger charge is -2.06. The second-order valence-corrected chi connectivity index (χ2v) is 6.22. The van der Waals surface area contributed by atoms with Crippen LogP contribution in [0, 0.1) is 11.3 Å². The average molecular weight is 312 g/mol. The van der Waals surface area contributed by atoms with Gasteiger partial charge in [-0.15, -0.1) is 0 Å². The highest BCUT2D eigenvalue weighted by molar-refractivity contribution is 7.85. The van der Waals surface area contributed by atoms with E-state index in [1.54, 1.807) is 18.2 Å². The summed E-state index contributed by atoms with van der Waals surface area (Å²) in [5.74, 6) is 0.151. The van der Waals surface area contributed by atoms with Gasteiger partial charge >= 0.3 is 0 Å². The number of nitrogens with one attached hydrogen (secondary N) is 1. The summed E-state index contributed by atoms with van der Waals surface area (Å²) < 4.78 is 12.0. The third kappa shape index (κ3) is 4.54. The van der Waals surface area contributed by atoms with E-state index in [2.05, 4.69) is 11.4 Å². The predicted octanol–water partition coefficient (Wildman–Crippen LogP) is 2.29. The van der Waals surface area contributed by atoms with Gasteiger partial charge in [0.2, 0.25) is 0 Å². The molecule has 0 aliphatic rings. The van der Waals surface area contributed by atoms with Crippen molar-refractivity contribution in [1.29, 1.82) is 5.26 Å². The van der Waals surface area contributed by atoms with Crippen molar-refractivity contribution in [3.8, 4) is 6.07 Å². The molecule has 112 valence electrons. The van der Waals surface area contributed by atoms with Gasteiger partial charge in [0.05, 0.1) is 23.3 Å². The Bertz CT molecular complexity index is 708. The summed E-state index contributed by atoms with van der Waals surface area (Å²) in [6.45, 7) is 0.336. The van der Waals surface area contributed by atoms with E-state index < -0.39 is 10.8 Å². The summed E-state index contributed by atoms with van der Waals surface area (Å²) in [6, 6.07) is 18.2. The van der Waals surface area contributed by atoms with Crippen LogP contribution in [0.1, 0.15) is 15.9 Å². The Morgan fingerprint density at radius 1 is 1.14 bits per heavy atom. The summed E-state index contributed by atoms with van der Waals surface area (Å²) in [7, 11) is -1.12. The van der Waals surface area contributed by atoms with Crippen LogP contribution in [-0.2, 0) is 17.2 Å². The molecule has 0 aromatic heterocycles. The summed E-state index contributed by atoms with van der Waals surface area (Å²) in [5.41, 5.74) is 1.32. The fourth-order valence-corrected chi connectivity index (χ4v) is 2.95. The van der Waals surface area contributed by atoms with Crippen molar-refractivity contribution < 1.29 is 9.00 Å². The number of amides is 1. The Morgan fingerprint density at radius 3 is 2.64 bits per heavy atom. The summed E-state index contributed by atoms with van der Waals surface area (Å²) >= 11 is 0. The van der Waals surface area contributed by atoms with Gasteiger partial charge in [0.15, 0.2) is 0 Å². The maximum absolute atomic E-state index is 12.0. The first-order chi connectivity index (χ1) is 10.7. The van der Waals surface area contributed by atoms with Crippen LogP contribution in [0.25, 0.3) is 0 Å². The van der Waals surface area contributed by atoms with Crippen molar-refractivity contribution in [2.45, 2.75) is 11.3 Å². The molecule has 1 atom stereocenters. The van der Waals surface area contributed by atoms with Crippen LogP contribution in [0.3, 0.4) is 0 Å². The first kappa shape index (κ1) is 15.9. The average Bonchev–Trinajstić information content (AvgIpc) is 2.56. The molecule has 22 heavy (non-hydrogen) atoms. The minimum absolute atomic E-state index is 0.218. The molecule has 4 nitrogen and oxygen atoms in total. The smallest absolute Gasteiger partial charge is 0.251 e. The molecule has 0 spiro atoms. The minimum atomic E-state index is -1.12. The van der Waals surface area contributed by atoms with E-state index in [9.17, 15) is 9.00 Å². The van der Waals surface area contributed by atoms with Crippen molar-refractivity contribution >= 4 is 16.7 Å². The van der Waals surface area contributed by atoms with Crippen LogP contribution >= 0.6 is 0 Å². The van der Waals surface area contributed by atoms with Crippen LogP contribution in [0.5, 0.6) is 0 Å². The van der Waals surface area contributed by atoms with Gasteiger partial charge in [-0.2, -0.15) is 5.26 Å². The van der Waals surface area contributed by atoms with E-state index in [1.807, 2.05) is 36.4 Å². The highest BCUT2D eigenvalue weighted by Gasteiger charge is 2.07. The van der Waals surface area contributed by atoms with Gasteiger partial charge in [0.25, 0.3) is 5.91 Å². The van der Waals surface area contributed by atoms with Gasteiger partial charge in [0, 0.05) is 22.8 Å². The zero-order valence-electron chi connectivity index (χ0n) is 12.0. The fraction of sp³-hybridized carbons (Fsp3) is 0.176. The number of nitrogens with zero attached hydrogens (tertiary/aromatic N) is 1. The molecule has 2 rings (SSSR count). The molecule has 0 unspecified atom stereocenters. The molecule has 0 saturated heterocycles. The van der Waals surface area contributed by atoms with Crippen molar-refractivity contribution in [3.63, 3.8) is 0 Å². The van der Waals surface area contributed by atoms with Crippen LogP contribution in [0.2, 0.25) is 0 Å². The highest BCUT2D eigenvalue weighted by Crippen LogP contribution is 2.07. The largest absolute Gasteiger partial charge is 0.351 e. The molecule has 0 radical (unpaired) electrons. The standard InChI is InChI=1S/C17H16N2O2S/c18-10-9-14-5-4-6-15(13-14)17(20)19-11-12-22(21)16-7-2-1-3-8-16/h1-8,13H,9,11-12H2,(H,19,20)/t22-/m0/s1. The van der Waals surface area contributed by atoms with E-state index in [-0.39, 0.29) is 12.3 Å². The van der Waals surface area contributed by atoms with Crippen LogP contribution in [0.4, 0.5) is 0 Å². The molecule has 1 N–H and O–H groups in total. The maximum atomic E-state index is 12.0. The number of benzene rings is 2. The van der Waals surface area contributed by atoms with Crippen molar-refractivity contribution in [2.75, 3.05) is 12.3 Å². The van der Waals surface area contributed by atoms with Gasteiger partial charge < -0.3 is 5.32 Å². The molecule has 0 saturated carbocycles. The third-order valence-corrected chi connectivity index (χ3v) is 4.42. The first-order valence-electron chi connectivity index (χ1n) is 6.88. The van der Waals surface area contributed by atoms with Crippen molar-refractivity contribution in [2.24, 2.45) is 0 Å². The predicted molar refractivity (Wildman–Crippen MR) is 85.8 cm³/mol. The summed E-state index contributed by atoms with van der Waals surface area (Å²) in [6.07, 6.45) is 0.277. The number of hydrogen-bond donors (Lipinski definition) is 1. The van der Waals surface area contributed by atoms with Crippen molar-refractivity contribution in [3.05, 3.63) is 65.7 Å². The summed E-state index contributed by atoms with van der Waals surface area (Å²) in [4.78, 5) is 12.8. The van der Waals surface area contributed by atoms with E-state index >= 15 is 0 Å². The van der Waals surface area contributed by atoms with Crippen LogP contribution < -0.4 is 5.32 Å². The topological polar surface area (TPSA) is 70.0 Å². The lowest BCUT2D eigenvalue weighted by Crippen LogP contribution is -2.27. The lowest BCUT2D eigenvalue weighted by atomic mass is 10.1. The molecule has 1 amide bonds. The Labute approximate surface area is 132 Å². The number of carbonyl (C=O) groups excluding carboxylic acids is 1. The molecule has 0 heterocycles. The van der Waals surface area contributed by atoms with Gasteiger partial charge in [-0.3, -0.25) is 9.00 Å². The molecule has 5 heteroatoms. The van der Waals surface area contributed by atoms with Crippen LogP contribution in [-0.4, -0.2) is 22.4 Å². The Balaban J connectivity index is 1.87. The second kappa shape index (κ2) is 8.11. The molecule has 0 aliphatic heterocycles. The SMILES string of the molecule is N#CCc1cccc(C(=O)NCC[S@](=O)c2ccccc2)c1. The second-order valence-electron chi connectivity index (χ2n) is 4.65. The van der Waals surface area contributed by atoms with Gasteiger partial charge in [-0.05, 0) is 29.8 Å². The molecule has 0 fully saturated rings. The minimum Gasteiger partial charge on any atom is -0.351 e. The number of carbonyl (C=O) groups is 1. The van der Waals surface area contributed by atoms with E-state index in [1.165, 1.54) is 0 Å². The zero-order valence-corrected chi connectivity index (χ0v) is 12.8. The van der Waals surface area contributed by atoms with E-state index in [0.29, 0.717) is 17.9 Å². The van der Waals surface area contributed by atoms with E-state index in [4.69, 9.17) is 5.26 Å². The number of nitriles is 1. The molecule has 0 bridgehead atoms. The Kier molecular flexibility index (Phi) is 5.87. The van der Waals surface area contributed by atoms with Crippen molar-refractivity contribution in [1.82, 2.24) is 5.32 Å². The molecular formula is C17H16N2O2S. The maximum Gasteiger partial charge on any atom is 0.251 e. The molecule has 2 aromatic rings. The fourth-order valence-electron chi connectivity index (χ4n) is 1.96. The number of rotatable bonds is 6. The molecule has 2 aromatic carbocycles. The molecular weight excluding hydrogens is 296 g/mol. The Morgan fingerprint density at radius 2 is 1.91 bits per heavy atom. The highest BCUT2D eigenvalue weighted by atomic mass is 32.2. The van der Waals surface area contributed by atoms with E-state index in [0.717, 1.165) is 10.5 Å². The van der Waals surface area contributed by atoms with Gasteiger partial charge in [0.1, 0.15) is 0 Å². The first-order valence-corrected chi connectivity index (χ1v) is 8.20. The monoisotopic (exact) mass is 312 g/mol. The third-order valence-electron chi connectivity index (χ3n) is 3.05. The zero-order chi connectivity index (χ0) is 15.8. The van der Waals surface area contributed by atoms with Crippen LogP contribution in [0.15, 0.2) is 59.5 Å². The number of hydrogen-bond acceptors (Lipinski definition) is 3. The normalized spacial score (nSPS) is 11.4. The quantitative estimate of drug-likeness (QED) is 0.889. The molecule has 0 aliphatic carbocycles. The van der Waals surface area contributed by atoms with Gasteiger partial charge in [-0.1, -0.05) is 30.3 Å². The Hall–Kier alpha value is -2.45. The summed E-state index contributed by atoms with van der Waals surface area (Å²) in [5, 5.41) is 11.4. The lowest BCUT2D eigenvalue weighted by molar-refractivity contribution is 0.0956.